The molecule has 0 radical (unpaired) electrons. The van der Waals surface area contributed by atoms with E-state index in [4.69, 9.17) is 33.9 Å². The Hall–Kier alpha value is -1.82. The minimum absolute atomic E-state index is 0.101. The summed E-state index contributed by atoms with van der Waals surface area (Å²) in [6.07, 6.45) is 5.53. The SMILES string of the molecule is Cc1nc(N2CCC(C)(N)CC2)c2cncn2c1-c1cccc(Cl)c1Cl. The first-order valence-corrected chi connectivity index (χ1v) is 9.44. The molecule has 3 aromatic rings. The van der Waals surface area contributed by atoms with Crippen molar-refractivity contribution in [2.24, 2.45) is 5.73 Å². The predicted octanol–water partition coefficient (Wildman–Crippen LogP) is 4.33. The number of aromatic nitrogens is 3. The van der Waals surface area contributed by atoms with Gasteiger partial charge in [-0.15, -0.1) is 0 Å². The van der Waals surface area contributed by atoms with Crippen molar-refractivity contribution in [3.8, 4) is 11.3 Å². The zero-order valence-electron chi connectivity index (χ0n) is 14.8. The summed E-state index contributed by atoms with van der Waals surface area (Å²) in [5.74, 6) is 0.942. The van der Waals surface area contributed by atoms with Crippen molar-refractivity contribution in [2.45, 2.75) is 32.2 Å². The van der Waals surface area contributed by atoms with Crippen LogP contribution in [0.25, 0.3) is 16.8 Å². The molecule has 0 spiro atoms. The van der Waals surface area contributed by atoms with Crippen LogP contribution >= 0.6 is 23.2 Å². The summed E-state index contributed by atoms with van der Waals surface area (Å²) in [6.45, 7) is 5.88. The molecular weight excluding hydrogens is 369 g/mol. The van der Waals surface area contributed by atoms with Gasteiger partial charge in [0.05, 0.1) is 34.0 Å². The van der Waals surface area contributed by atoms with Crippen LogP contribution in [0.1, 0.15) is 25.5 Å². The molecule has 3 heterocycles. The van der Waals surface area contributed by atoms with Gasteiger partial charge in [-0.25, -0.2) is 9.97 Å². The number of hydrogen-bond donors (Lipinski definition) is 1. The van der Waals surface area contributed by atoms with Gasteiger partial charge in [0.15, 0.2) is 5.82 Å². The molecule has 0 amide bonds. The Kier molecular flexibility index (Phi) is 4.34. The molecular formula is C19H21Cl2N5. The molecule has 0 aliphatic carbocycles. The highest BCUT2D eigenvalue weighted by Gasteiger charge is 2.28. The van der Waals surface area contributed by atoms with Crippen LogP contribution in [0.15, 0.2) is 30.7 Å². The highest BCUT2D eigenvalue weighted by Crippen LogP contribution is 2.37. The molecule has 0 bridgehead atoms. The number of imidazole rings is 1. The van der Waals surface area contributed by atoms with Gasteiger partial charge < -0.3 is 10.6 Å². The molecule has 2 aromatic heterocycles. The molecule has 0 atom stereocenters. The van der Waals surface area contributed by atoms with Gasteiger partial charge in [-0.05, 0) is 32.8 Å². The lowest BCUT2D eigenvalue weighted by Crippen LogP contribution is -2.48. The van der Waals surface area contributed by atoms with E-state index in [0.29, 0.717) is 10.0 Å². The molecule has 26 heavy (non-hydrogen) atoms. The van der Waals surface area contributed by atoms with Crippen LogP contribution in [0.3, 0.4) is 0 Å². The van der Waals surface area contributed by atoms with E-state index in [1.165, 1.54) is 0 Å². The molecule has 0 saturated carbocycles. The summed E-state index contributed by atoms with van der Waals surface area (Å²) >= 11 is 12.7. The lowest BCUT2D eigenvalue weighted by atomic mass is 9.91. The Morgan fingerprint density at radius 3 is 2.65 bits per heavy atom. The Balaban J connectivity index is 1.85. The summed E-state index contributed by atoms with van der Waals surface area (Å²) < 4.78 is 2.05. The van der Waals surface area contributed by atoms with Gasteiger partial charge >= 0.3 is 0 Å². The first kappa shape index (κ1) is 17.6. The molecule has 7 heteroatoms. The normalized spacial score (nSPS) is 17.0. The van der Waals surface area contributed by atoms with E-state index >= 15 is 0 Å². The Morgan fingerprint density at radius 2 is 1.92 bits per heavy atom. The fourth-order valence-electron chi connectivity index (χ4n) is 3.56. The highest BCUT2D eigenvalue weighted by molar-refractivity contribution is 6.43. The summed E-state index contributed by atoms with van der Waals surface area (Å²) in [7, 11) is 0. The van der Waals surface area contributed by atoms with E-state index in [1.54, 1.807) is 12.4 Å². The highest BCUT2D eigenvalue weighted by atomic mass is 35.5. The zero-order chi connectivity index (χ0) is 18.5. The molecule has 1 aliphatic rings. The lowest BCUT2D eigenvalue weighted by molar-refractivity contribution is 0.363. The minimum Gasteiger partial charge on any atom is -0.355 e. The van der Waals surface area contributed by atoms with Gasteiger partial charge in [0, 0.05) is 24.2 Å². The van der Waals surface area contributed by atoms with Gasteiger partial charge in [0.2, 0.25) is 0 Å². The number of nitrogens with two attached hydrogens (primary N) is 1. The third-order valence-corrected chi connectivity index (χ3v) is 5.96. The Morgan fingerprint density at radius 1 is 1.19 bits per heavy atom. The monoisotopic (exact) mass is 389 g/mol. The third-order valence-electron chi connectivity index (χ3n) is 5.14. The molecule has 5 nitrogen and oxygen atoms in total. The Labute approximate surface area is 162 Å². The van der Waals surface area contributed by atoms with Crippen molar-refractivity contribution >= 4 is 34.5 Å². The number of anilines is 1. The third kappa shape index (κ3) is 2.94. The van der Waals surface area contributed by atoms with Gasteiger partial charge in [-0.1, -0.05) is 35.3 Å². The summed E-state index contributed by atoms with van der Waals surface area (Å²) in [5.41, 5.74) is 9.79. The van der Waals surface area contributed by atoms with E-state index in [9.17, 15) is 0 Å². The first-order chi connectivity index (χ1) is 12.4. The average molecular weight is 390 g/mol. The molecule has 4 rings (SSSR count). The van der Waals surface area contributed by atoms with Crippen LogP contribution in [0.4, 0.5) is 5.82 Å². The maximum atomic E-state index is 6.47. The molecule has 0 unspecified atom stereocenters. The smallest absolute Gasteiger partial charge is 0.154 e. The van der Waals surface area contributed by atoms with Gasteiger partial charge in [-0.3, -0.25) is 4.40 Å². The van der Waals surface area contributed by atoms with Crippen molar-refractivity contribution in [2.75, 3.05) is 18.0 Å². The second-order valence-corrected chi connectivity index (χ2v) is 8.05. The average Bonchev–Trinajstić information content (AvgIpc) is 3.07. The van der Waals surface area contributed by atoms with Crippen molar-refractivity contribution < 1.29 is 0 Å². The maximum Gasteiger partial charge on any atom is 0.154 e. The summed E-state index contributed by atoms with van der Waals surface area (Å²) in [6, 6.07) is 5.64. The number of aryl methyl sites for hydroxylation is 1. The van der Waals surface area contributed by atoms with Crippen LogP contribution in [0.5, 0.6) is 0 Å². The minimum atomic E-state index is -0.101. The largest absolute Gasteiger partial charge is 0.355 e. The first-order valence-electron chi connectivity index (χ1n) is 8.68. The van der Waals surface area contributed by atoms with Gasteiger partial charge in [0.1, 0.15) is 5.52 Å². The number of nitrogens with zero attached hydrogens (tertiary/aromatic N) is 4. The molecule has 1 fully saturated rings. The van der Waals surface area contributed by atoms with Crippen LogP contribution in [0, 0.1) is 6.92 Å². The lowest BCUT2D eigenvalue weighted by Gasteiger charge is -2.37. The van der Waals surface area contributed by atoms with E-state index in [0.717, 1.165) is 54.2 Å². The van der Waals surface area contributed by atoms with E-state index in [1.807, 2.05) is 29.7 Å². The summed E-state index contributed by atoms with van der Waals surface area (Å²) in [4.78, 5) is 11.6. The second-order valence-electron chi connectivity index (χ2n) is 7.26. The predicted molar refractivity (Wildman–Crippen MR) is 107 cm³/mol. The van der Waals surface area contributed by atoms with Crippen molar-refractivity contribution in [3.63, 3.8) is 0 Å². The topological polar surface area (TPSA) is 59.5 Å². The standard InChI is InChI=1S/C19H21Cl2N5/c1-12-17(13-4-3-5-14(20)16(13)21)26-11-23-10-15(26)18(24-12)25-8-6-19(2,22)7-9-25/h3-5,10-11H,6-9,22H2,1-2H3. The number of hydrogen-bond acceptors (Lipinski definition) is 4. The van der Waals surface area contributed by atoms with Crippen molar-refractivity contribution in [1.29, 1.82) is 0 Å². The van der Waals surface area contributed by atoms with E-state index < -0.39 is 0 Å². The fourth-order valence-corrected chi connectivity index (χ4v) is 3.95. The Bertz CT molecular complexity index is 969. The van der Waals surface area contributed by atoms with Crippen LogP contribution in [-0.2, 0) is 0 Å². The number of rotatable bonds is 2. The number of halogens is 2. The van der Waals surface area contributed by atoms with Crippen LogP contribution < -0.4 is 10.6 Å². The quantitative estimate of drug-likeness (QED) is 0.708. The number of benzene rings is 1. The van der Waals surface area contributed by atoms with Crippen LogP contribution in [-0.4, -0.2) is 33.0 Å². The van der Waals surface area contributed by atoms with E-state index in [2.05, 4.69) is 16.8 Å². The fraction of sp³-hybridized carbons (Fsp3) is 0.368. The van der Waals surface area contributed by atoms with Crippen molar-refractivity contribution in [3.05, 3.63) is 46.5 Å². The maximum absolute atomic E-state index is 6.47. The molecule has 2 N–H and O–H groups in total. The molecule has 136 valence electrons. The van der Waals surface area contributed by atoms with Crippen LogP contribution in [0.2, 0.25) is 10.0 Å². The molecule has 1 saturated heterocycles. The number of piperidine rings is 1. The second kappa shape index (κ2) is 6.41. The van der Waals surface area contributed by atoms with Gasteiger partial charge in [-0.2, -0.15) is 0 Å². The molecule has 1 aliphatic heterocycles. The molecule has 1 aromatic carbocycles. The summed E-state index contributed by atoms with van der Waals surface area (Å²) in [5, 5.41) is 1.05. The zero-order valence-corrected chi connectivity index (χ0v) is 16.3. The van der Waals surface area contributed by atoms with E-state index in [-0.39, 0.29) is 5.54 Å². The number of fused-ring (bicyclic) bond motifs is 1. The van der Waals surface area contributed by atoms with Gasteiger partial charge in [0.25, 0.3) is 0 Å². The van der Waals surface area contributed by atoms with Crippen molar-refractivity contribution in [1.82, 2.24) is 14.4 Å².